The van der Waals surface area contributed by atoms with E-state index in [1.54, 1.807) is 13.0 Å². The second kappa shape index (κ2) is 3.84. The van der Waals surface area contributed by atoms with Gasteiger partial charge in [0.15, 0.2) is 0 Å². The zero-order chi connectivity index (χ0) is 13.9. The van der Waals surface area contributed by atoms with Crippen LogP contribution in [0.15, 0.2) is 18.2 Å². The number of benzene rings is 2. The Hall–Kier alpha value is -1.31. The van der Waals surface area contributed by atoms with Crippen molar-refractivity contribution < 1.29 is 8.78 Å². The molecule has 3 rings (SSSR count). The molecule has 4 radical (unpaired) electrons. The summed E-state index contributed by atoms with van der Waals surface area (Å²) in [5, 5.41) is 1.40. The lowest BCUT2D eigenvalue weighted by Crippen LogP contribution is -2.28. The summed E-state index contributed by atoms with van der Waals surface area (Å²) in [6.07, 6.45) is 0.357. The van der Waals surface area contributed by atoms with Gasteiger partial charge >= 0.3 is 0 Å². The van der Waals surface area contributed by atoms with Gasteiger partial charge in [0.2, 0.25) is 0 Å². The van der Waals surface area contributed by atoms with Crippen LogP contribution in [0.1, 0.15) is 23.6 Å². The van der Waals surface area contributed by atoms with Crippen LogP contribution in [0.25, 0.3) is 10.8 Å². The molecule has 0 spiro atoms. The summed E-state index contributed by atoms with van der Waals surface area (Å²) in [7, 11) is 12.0. The molecule has 92 valence electrons. The van der Waals surface area contributed by atoms with Crippen molar-refractivity contribution in [3.05, 3.63) is 34.9 Å². The van der Waals surface area contributed by atoms with E-state index < -0.39 is 11.8 Å². The predicted molar refractivity (Wildman–Crippen MR) is 76.2 cm³/mol. The summed E-state index contributed by atoms with van der Waals surface area (Å²) in [5.74, 6) is -3.59. The molecule has 1 aliphatic carbocycles. The zero-order valence-electron chi connectivity index (χ0n) is 10.9. The molecule has 2 aromatic rings. The standard InChI is InChI=1S/C15H12B2F2/c1-7-3-4-9-6-10-5-8(2)15(18,19)12(10)14(17)11(9)13(7)16/h3-4,6,8H,5H2,1-2H3. The lowest BCUT2D eigenvalue weighted by Gasteiger charge is -2.20. The molecule has 0 fully saturated rings. The Labute approximate surface area is 114 Å². The maximum atomic E-state index is 14.2. The third-order valence-electron chi connectivity index (χ3n) is 4.16. The molecule has 4 heteroatoms. The summed E-state index contributed by atoms with van der Waals surface area (Å²) < 4.78 is 28.5. The van der Waals surface area contributed by atoms with Crippen LogP contribution < -0.4 is 10.9 Å². The SMILES string of the molecule is [B]c1c(C)ccc2cc3c(c([B])c12)C(F)(F)C(C)C3. The van der Waals surface area contributed by atoms with E-state index in [2.05, 4.69) is 0 Å². The Morgan fingerprint density at radius 1 is 1.21 bits per heavy atom. The van der Waals surface area contributed by atoms with Gasteiger partial charge in [-0.05, 0) is 29.7 Å². The van der Waals surface area contributed by atoms with Crippen LogP contribution in [-0.4, -0.2) is 15.7 Å². The minimum Gasteiger partial charge on any atom is -0.201 e. The van der Waals surface area contributed by atoms with Crippen LogP contribution >= 0.6 is 0 Å². The highest BCUT2D eigenvalue weighted by Gasteiger charge is 2.46. The second-order valence-corrected chi connectivity index (χ2v) is 5.45. The minimum atomic E-state index is -2.87. The Bertz CT molecular complexity index is 692. The fourth-order valence-corrected chi connectivity index (χ4v) is 2.98. The first kappa shape index (κ1) is 12.7. The summed E-state index contributed by atoms with van der Waals surface area (Å²) >= 11 is 0. The van der Waals surface area contributed by atoms with Gasteiger partial charge in [0.05, 0.1) is 0 Å². The van der Waals surface area contributed by atoms with Gasteiger partial charge < -0.3 is 0 Å². The van der Waals surface area contributed by atoms with Gasteiger partial charge in [-0.3, -0.25) is 0 Å². The van der Waals surface area contributed by atoms with Crippen molar-refractivity contribution in [1.29, 1.82) is 0 Å². The number of aryl methyl sites for hydroxylation is 1. The monoisotopic (exact) mass is 252 g/mol. The topological polar surface area (TPSA) is 0 Å². The summed E-state index contributed by atoms with van der Waals surface area (Å²) in [6.45, 7) is 3.40. The molecule has 2 aromatic carbocycles. The van der Waals surface area contributed by atoms with E-state index in [1.165, 1.54) is 0 Å². The summed E-state index contributed by atoms with van der Waals surface area (Å²) in [5.41, 5.74) is 2.11. The van der Waals surface area contributed by atoms with E-state index in [1.807, 2.05) is 19.1 Å². The smallest absolute Gasteiger partial charge is 0.201 e. The number of halogens is 2. The van der Waals surface area contributed by atoms with Crippen LogP contribution in [0.5, 0.6) is 0 Å². The number of fused-ring (bicyclic) bond motifs is 2. The van der Waals surface area contributed by atoms with Crippen molar-refractivity contribution in [2.24, 2.45) is 5.92 Å². The third kappa shape index (κ3) is 1.58. The van der Waals surface area contributed by atoms with Crippen molar-refractivity contribution in [1.82, 2.24) is 0 Å². The van der Waals surface area contributed by atoms with Gasteiger partial charge in [0.25, 0.3) is 5.92 Å². The van der Waals surface area contributed by atoms with Crippen LogP contribution in [0.2, 0.25) is 0 Å². The van der Waals surface area contributed by atoms with E-state index >= 15 is 0 Å². The van der Waals surface area contributed by atoms with Gasteiger partial charge in [-0.2, -0.15) is 0 Å². The molecule has 0 saturated carbocycles. The molecular formula is C15H12B2F2. The Morgan fingerprint density at radius 3 is 2.58 bits per heavy atom. The maximum absolute atomic E-state index is 14.2. The number of hydrogen-bond acceptors (Lipinski definition) is 0. The van der Waals surface area contributed by atoms with Gasteiger partial charge in [-0.15, -0.1) is 0 Å². The first-order valence-electron chi connectivity index (χ1n) is 6.32. The normalized spacial score (nSPS) is 20.7. The molecule has 1 atom stereocenters. The van der Waals surface area contributed by atoms with E-state index in [4.69, 9.17) is 15.7 Å². The van der Waals surface area contributed by atoms with Gasteiger partial charge in [0.1, 0.15) is 15.7 Å². The highest BCUT2D eigenvalue weighted by atomic mass is 19.3. The average Bonchev–Trinajstić information content (AvgIpc) is 2.55. The molecule has 0 N–H and O–H groups in total. The zero-order valence-corrected chi connectivity index (χ0v) is 10.9. The average molecular weight is 252 g/mol. The lowest BCUT2D eigenvalue weighted by molar-refractivity contribution is -0.0441. The van der Waals surface area contributed by atoms with Crippen molar-refractivity contribution in [2.75, 3.05) is 0 Å². The highest BCUT2D eigenvalue weighted by molar-refractivity contribution is 6.49. The molecule has 19 heavy (non-hydrogen) atoms. The number of alkyl halides is 2. The van der Waals surface area contributed by atoms with Crippen LogP contribution in [-0.2, 0) is 12.3 Å². The van der Waals surface area contributed by atoms with E-state index in [-0.39, 0.29) is 11.0 Å². The summed E-state index contributed by atoms with van der Waals surface area (Å²) in [6, 6.07) is 5.58. The largest absolute Gasteiger partial charge is 0.275 e. The molecule has 0 bridgehead atoms. The molecule has 0 aromatic heterocycles. The van der Waals surface area contributed by atoms with Crippen molar-refractivity contribution in [2.45, 2.75) is 26.2 Å². The molecule has 0 heterocycles. The van der Waals surface area contributed by atoms with Gasteiger partial charge in [-0.1, -0.05) is 41.6 Å². The molecule has 0 nitrogen and oxygen atoms in total. The Kier molecular flexibility index (Phi) is 2.57. The van der Waals surface area contributed by atoms with Crippen molar-refractivity contribution in [3.8, 4) is 0 Å². The van der Waals surface area contributed by atoms with Crippen molar-refractivity contribution in [3.63, 3.8) is 0 Å². The maximum Gasteiger partial charge on any atom is 0.275 e. The molecule has 0 saturated heterocycles. The molecule has 1 aliphatic rings. The Morgan fingerprint density at radius 2 is 1.89 bits per heavy atom. The lowest BCUT2D eigenvalue weighted by atomic mass is 9.76. The first-order chi connectivity index (χ1) is 8.84. The third-order valence-corrected chi connectivity index (χ3v) is 4.16. The van der Waals surface area contributed by atoms with Crippen LogP contribution in [0.3, 0.4) is 0 Å². The van der Waals surface area contributed by atoms with Crippen LogP contribution in [0, 0.1) is 12.8 Å². The fraction of sp³-hybridized carbons (Fsp3) is 0.333. The number of hydrogen-bond donors (Lipinski definition) is 0. The molecule has 1 unspecified atom stereocenters. The quantitative estimate of drug-likeness (QED) is 0.629. The van der Waals surface area contributed by atoms with E-state index in [9.17, 15) is 8.78 Å². The molecule has 0 aliphatic heterocycles. The predicted octanol–water partition coefficient (Wildman–Crippen LogP) is 2.02. The molecule has 0 amide bonds. The van der Waals surface area contributed by atoms with Gasteiger partial charge in [0, 0.05) is 11.5 Å². The highest BCUT2D eigenvalue weighted by Crippen LogP contribution is 2.45. The fourth-order valence-electron chi connectivity index (χ4n) is 2.98. The van der Waals surface area contributed by atoms with Crippen LogP contribution in [0.4, 0.5) is 8.78 Å². The van der Waals surface area contributed by atoms with E-state index in [0.717, 1.165) is 10.9 Å². The minimum absolute atomic E-state index is 0.0233. The summed E-state index contributed by atoms with van der Waals surface area (Å²) in [4.78, 5) is 0. The molecular weight excluding hydrogens is 240 g/mol. The van der Waals surface area contributed by atoms with Gasteiger partial charge in [-0.25, -0.2) is 8.78 Å². The van der Waals surface area contributed by atoms with Crippen molar-refractivity contribution >= 4 is 37.4 Å². The second-order valence-electron chi connectivity index (χ2n) is 5.45. The number of rotatable bonds is 0. The van der Waals surface area contributed by atoms with E-state index in [0.29, 0.717) is 22.8 Å². The first-order valence-corrected chi connectivity index (χ1v) is 6.32. The Balaban J connectivity index is 2.45.